The van der Waals surface area contributed by atoms with Crippen LogP contribution < -0.4 is 5.32 Å². The Hall–Kier alpha value is -3.09. The molecule has 1 N–H and O–H groups in total. The van der Waals surface area contributed by atoms with Crippen LogP contribution in [0.3, 0.4) is 0 Å². The average molecular weight is 412 g/mol. The van der Waals surface area contributed by atoms with E-state index in [1.165, 1.54) is 5.56 Å². The van der Waals surface area contributed by atoms with E-state index in [0.717, 1.165) is 12.8 Å². The van der Waals surface area contributed by atoms with E-state index in [1.807, 2.05) is 23.1 Å². The lowest BCUT2D eigenvalue weighted by Gasteiger charge is -2.35. The minimum absolute atomic E-state index is 0.0620. The van der Waals surface area contributed by atoms with Gasteiger partial charge < -0.3 is 19.5 Å². The van der Waals surface area contributed by atoms with Crippen LogP contribution in [0.4, 0.5) is 0 Å². The highest BCUT2D eigenvalue weighted by Gasteiger charge is 2.24. The van der Waals surface area contributed by atoms with Gasteiger partial charge in [-0.3, -0.25) is 14.4 Å². The first-order valence-corrected chi connectivity index (χ1v) is 10.4. The number of nitrogens with one attached hydrogen (secondary N) is 1. The number of hydrogen-bond donors (Lipinski definition) is 1. The molecule has 2 aromatic rings. The second-order valence-corrected chi connectivity index (χ2v) is 7.61. The molecule has 3 rings (SSSR count). The molecule has 0 saturated carbocycles. The van der Waals surface area contributed by atoms with Crippen molar-refractivity contribution in [3.8, 4) is 0 Å². The predicted octanol–water partition coefficient (Wildman–Crippen LogP) is 2.32. The molecule has 3 amide bonds. The van der Waals surface area contributed by atoms with Crippen LogP contribution >= 0.6 is 0 Å². The van der Waals surface area contributed by atoms with Crippen LogP contribution in [0.2, 0.25) is 0 Å². The average Bonchev–Trinajstić information content (AvgIpc) is 3.10. The number of carbonyl (C=O) groups is 3. The third-order valence-electron chi connectivity index (χ3n) is 5.37. The van der Waals surface area contributed by atoms with E-state index < -0.39 is 0 Å². The van der Waals surface area contributed by atoms with Gasteiger partial charge in [0.1, 0.15) is 11.5 Å². The van der Waals surface area contributed by atoms with E-state index in [4.69, 9.17) is 4.42 Å². The number of carbonyl (C=O) groups excluding carboxylic acids is 3. The summed E-state index contributed by atoms with van der Waals surface area (Å²) in [4.78, 5) is 40.6. The van der Waals surface area contributed by atoms with Gasteiger partial charge >= 0.3 is 0 Å². The van der Waals surface area contributed by atoms with E-state index in [1.54, 1.807) is 24.8 Å². The Morgan fingerprint density at radius 3 is 2.20 bits per heavy atom. The van der Waals surface area contributed by atoms with Gasteiger partial charge in [0, 0.05) is 32.6 Å². The summed E-state index contributed by atoms with van der Waals surface area (Å²) in [7, 11) is 0. The molecule has 0 spiro atoms. The summed E-state index contributed by atoms with van der Waals surface area (Å²) in [6.07, 6.45) is 2.23. The Balaban J connectivity index is 1.37. The van der Waals surface area contributed by atoms with Crippen molar-refractivity contribution in [3.63, 3.8) is 0 Å². The first kappa shape index (κ1) is 21.6. The molecular formula is C23H29N3O4. The van der Waals surface area contributed by atoms with Gasteiger partial charge in [-0.05, 0) is 38.3 Å². The van der Waals surface area contributed by atoms with Gasteiger partial charge in [0.05, 0.1) is 12.1 Å². The van der Waals surface area contributed by atoms with E-state index in [0.29, 0.717) is 49.7 Å². The lowest BCUT2D eigenvalue weighted by atomic mass is 10.1. The lowest BCUT2D eigenvalue weighted by molar-refractivity contribution is -0.139. The summed E-state index contributed by atoms with van der Waals surface area (Å²) in [6.45, 7) is 5.48. The molecule has 1 fully saturated rings. The second kappa shape index (κ2) is 10.1. The summed E-state index contributed by atoms with van der Waals surface area (Å²) < 4.78 is 5.35. The smallest absolute Gasteiger partial charge is 0.255 e. The van der Waals surface area contributed by atoms with Crippen LogP contribution in [-0.4, -0.2) is 60.2 Å². The molecule has 30 heavy (non-hydrogen) atoms. The largest absolute Gasteiger partial charge is 0.466 e. The predicted molar refractivity (Wildman–Crippen MR) is 113 cm³/mol. The summed E-state index contributed by atoms with van der Waals surface area (Å²) >= 11 is 0. The van der Waals surface area contributed by atoms with Gasteiger partial charge in [0.25, 0.3) is 5.91 Å². The van der Waals surface area contributed by atoms with Gasteiger partial charge in [-0.25, -0.2) is 0 Å². The first-order valence-electron chi connectivity index (χ1n) is 10.4. The van der Waals surface area contributed by atoms with Crippen LogP contribution in [0.1, 0.15) is 40.3 Å². The van der Waals surface area contributed by atoms with Crippen LogP contribution in [0.5, 0.6) is 0 Å². The fraction of sp³-hybridized carbons (Fsp3) is 0.435. The van der Waals surface area contributed by atoms with Gasteiger partial charge in [-0.15, -0.1) is 0 Å². The van der Waals surface area contributed by atoms with Gasteiger partial charge in [-0.1, -0.05) is 30.3 Å². The molecule has 0 aliphatic carbocycles. The van der Waals surface area contributed by atoms with Crippen molar-refractivity contribution in [2.24, 2.45) is 0 Å². The topological polar surface area (TPSA) is 82.9 Å². The number of amides is 3. The molecule has 160 valence electrons. The summed E-state index contributed by atoms with van der Waals surface area (Å²) in [5.74, 6) is 0.879. The third-order valence-corrected chi connectivity index (χ3v) is 5.37. The number of aryl methyl sites for hydroxylation is 3. The molecule has 1 aliphatic rings. The van der Waals surface area contributed by atoms with Crippen molar-refractivity contribution in [3.05, 3.63) is 59.0 Å². The molecule has 1 aromatic heterocycles. The number of rotatable bonds is 7. The number of benzene rings is 1. The number of hydrogen-bond acceptors (Lipinski definition) is 4. The number of nitrogens with zero attached hydrogens (tertiary/aromatic N) is 2. The highest BCUT2D eigenvalue weighted by molar-refractivity contribution is 5.97. The molecule has 2 heterocycles. The SMILES string of the molecule is Cc1cc(C(=O)NCC(=O)N2CCN(C(=O)CCCc3ccccc3)CC2)c(C)o1. The third kappa shape index (κ3) is 5.72. The zero-order valence-corrected chi connectivity index (χ0v) is 17.6. The quantitative estimate of drug-likeness (QED) is 0.758. The molecule has 1 saturated heterocycles. The molecular weight excluding hydrogens is 382 g/mol. The van der Waals surface area contributed by atoms with Crippen LogP contribution in [0.15, 0.2) is 40.8 Å². The standard InChI is InChI=1S/C23H29N3O4/c1-17-15-20(18(2)30-17)23(29)24-16-22(28)26-13-11-25(12-14-26)21(27)10-6-9-19-7-4-3-5-8-19/h3-5,7-8,15H,6,9-14,16H2,1-2H3,(H,24,29). The maximum atomic E-state index is 12.4. The summed E-state index contributed by atoms with van der Waals surface area (Å²) in [5, 5.41) is 2.66. The molecule has 1 aliphatic heterocycles. The minimum atomic E-state index is -0.315. The first-order chi connectivity index (χ1) is 14.4. The zero-order chi connectivity index (χ0) is 21.5. The van der Waals surface area contributed by atoms with Gasteiger partial charge in [0.15, 0.2) is 0 Å². The molecule has 1 aromatic carbocycles. The van der Waals surface area contributed by atoms with Gasteiger partial charge in [-0.2, -0.15) is 0 Å². The van der Waals surface area contributed by atoms with E-state index >= 15 is 0 Å². The molecule has 0 unspecified atom stereocenters. The van der Waals surface area contributed by atoms with Crippen molar-refractivity contribution in [1.29, 1.82) is 0 Å². The normalized spacial score (nSPS) is 13.9. The Kier molecular flexibility index (Phi) is 7.27. The van der Waals surface area contributed by atoms with Crippen molar-refractivity contribution in [1.82, 2.24) is 15.1 Å². The van der Waals surface area contributed by atoms with E-state index in [-0.39, 0.29) is 24.3 Å². The molecule has 7 nitrogen and oxygen atoms in total. The number of furan rings is 1. The monoisotopic (exact) mass is 411 g/mol. The molecule has 0 bridgehead atoms. The maximum absolute atomic E-state index is 12.4. The Morgan fingerprint density at radius 2 is 1.60 bits per heavy atom. The number of piperazine rings is 1. The summed E-state index contributed by atoms with van der Waals surface area (Å²) in [6, 6.07) is 11.8. The van der Waals surface area contributed by atoms with Crippen molar-refractivity contribution in [2.45, 2.75) is 33.1 Å². The van der Waals surface area contributed by atoms with Crippen molar-refractivity contribution >= 4 is 17.7 Å². The minimum Gasteiger partial charge on any atom is -0.466 e. The Labute approximate surface area is 177 Å². The van der Waals surface area contributed by atoms with E-state index in [2.05, 4.69) is 17.4 Å². The molecule has 7 heteroatoms. The van der Waals surface area contributed by atoms with E-state index in [9.17, 15) is 14.4 Å². The molecule has 0 radical (unpaired) electrons. The fourth-order valence-electron chi connectivity index (χ4n) is 3.67. The molecule has 0 atom stereocenters. The Bertz CT molecular complexity index is 883. The van der Waals surface area contributed by atoms with Crippen LogP contribution in [-0.2, 0) is 16.0 Å². The van der Waals surface area contributed by atoms with Crippen molar-refractivity contribution in [2.75, 3.05) is 32.7 Å². The van der Waals surface area contributed by atoms with Crippen molar-refractivity contribution < 1.29 is 18.8 Å². The highest BCUT2D eigenvalue weighted by Crippen LogP contribution is 2.13. The second-order valence-electron chi connectivity index (χ2n) is 7.61. The highest BCUT2D eigenvalue weighted by atomic mass is 16.3. The fourth-order valence-corrected chi connectivity index (χ4v) is 3.67. The lowest BCUT2D eigenvalue weighted by Crippen LogP contribution is -2.52. The van der Waals surface area contributed by atoms with Crippen LogP contribution in [0, 0.1) is 13.8 Å². The maximum Gasteiger partial charge on any atom is 0.255 e. The summed E-state index contributed by atoms with van der Waals surface area (Å²) in [5.41, 5.74) is 1.69. The van der Waals surface area contributed by atoms with Crippen LogP contribution in [0.25, 0.3) is 0 Å². The zero-order valence-electron chi connectivity index (χ0n) is 17.6. The Morgan fingerprint density at radius 1 is 0.967 bits per heavy atom. The van der Waals surface area contributed by atoms with Gasteiger partial charge in [0.2, 0.25) is 11.8 Å².